The molecule has 1 aliphatic heterocycles. The van der Waals surface area contributed by atoms with Gasteiger partial charge in [0.1, 0.15) is 11.6 Å². The van der Waals surface area contributed by atoms with Crippen LogP contribution in [0.15, 0.2) is 18.2 Å². The number of carboxylic acid groups (broad SMARTS) is 1. The van der Waals surface area contributed by atoms with Gasteiger partial charge in [0, 0.05) is 31.3 Å². The third-order valence-electron chi connectivity index (χ3n) is 5.44. The number of halogens is 2. The van der Waals surface area contributed by atoms with E-state index in [2.05, 4.69) is 5.32 Å². The quantitative estimate of drug-likeness (QED) is 0.853. The van der Waals surface area contributed by atoms with E-state index in [1.54, 1.807) is 0 Å². The Bertz CT molecular complexity index is 682. The van der Waals surface area contributed by atoms with Crippen LogP contribution in [0.25, 0.3) is 0 Å². The van der Waals surface area contributed by atoms with Gasteiger partial charge in [0.05, 0.1) is 11.0 Å². The molecule has 5 nitrogen and oxygen atoms in total. The van der Waals surface area contributed by atoms with Gasteiger partial charge in [-0.05, 0) is 31.7 Å². The summed E-state index contributed by atoms with van der Waals surface area (Å²) in [6.07, 6.45) is 2.29. The number of ether oxygens (including phenoxy) is 1. The van der Waals surface area contributed by atoms with Gasteiger partial charge in [-0.2, -0.15) is 0 Å². The van der Waals surface area contributed by atoms with E-state index in [1.165, 1.54) is 6.07 Å². The number of amides is 1. The average molecular weight is 353 g/mol. The molecule has 0 bridgehead atoms. The van der Waals surface area contributed by atoms with Gasteiger partial charge in [0.2, 0.25) is 5.91 Å². The number of benzene rings is 1. The lowest BCUT2D eigenvalue weighted by atomic mass is 9.66. The first-order valence-corrected chi connectivity index (χ1v) is 8.45. The maximum Gasteiger partial charge on any atom is 0.310 e. The van der Waals surface area contributed by atoms with Gasteiger partial charge in [0.15, 0.2) is 0 Å². The van der Waals surface area contributed by atoms with Crippen LogP contribution < -0.4 is 5.32 Å². The number of carbonyl (C=O) groups is 2. The van der Waals surface area contributed by atoms with Crippen LogP contribution in [-0.4, -0.2) is 30.2 Å². The zero-order valence-corrected chi connectivity index (χ0v) is 13.8. The van der Waals surface area contributed by atoms with Crippen molar-refractivity contribution in [3.05, 3.63) is 35.4 Å². The molecule has 1 heterocycles. The molecule has 3 rings (SSSR count). The topological polar surface area (TPSA) is 75.6 Å². The summed E-state index contributed by atoms with van der Waals surface area (Å²) in [6.45, 7) is 0.669. The SMILES string of the molecule is O=C(CC1(C(=O)O)CCC1)NC1(c2ccc(F)cc2F)CCOCC1. The molecule has 2 aliphatic rings. The smallest absolute Gasteiger partial charge is 0.310 e. The fourth-order valence-electron chi connectivity index (χ4n) is 3.75. The Morgan fingerprint density at radius 3 is 2.36 bits per heavy atom. The molecule has 2 N–H and O–H groups in total. The van der Waals surface area contributed by atoms with Crippen molar-refractivity contribution in [2.75, 3.05) is 13.2 Å². The van der Waals surface area contributed by atoms with Crippen LogP contribution in [-0.2, 0) is 19.9 Å². The van der Waals surface area contributed by atoms with E-state index < -0.39 is 34.5 Å². The molecule has 0 unspecified atom stereocenters. The Hall–Kier alpha value is -2.02. The Labute approximate surface area is 144 Å². The fraction of sp³-hybridized carbons (Fsp3) is 0.556. The lowest BCUT2D eigenvalue weighted by Crippen LogP contribution is -2.52. The molecule has 1 saturated carbocycles. The number of rotatable bonds is 5. The maximum absolute atomic E-state index is 14.3. The molecule has 1 aliphatic carbocycles. The molecule has 1 saturated heterocycles. The van der Waals surface area contributed by atoms with Gasteiger partial charge in [-0.1, -0.05) is 12.5 Å². The Morgan fingerprint density at radius 1 is 1.16 bits per heavy atom. The first-order valence-electron chi connectivity index (χ1n) is 8.45. The van der Waals surface area contributed by atoms with Crippen molar-refractivity contribution in [2.45, 2.75) is 44.1 Å². The minimum atomic E-state index is -1.02. The van der Waals surface area contributed by atoms with E-state index >= 15 is 0 Å². The number of aliphatic carboxylic acids is 1. The number of hydrogen-bond acceptors (Lipinski definition) is 3. The predicted molar refractivity (Wildman–Crippen MR) is 84.8 cm³/mol. The third-order valence-corrected chi connectivity index (χ3v) is 5.44. The van der Waals surface area contributed by atoms with Crippen LogP contribution in [0.5, 0.6) is 0 Å². The summed E-state index contributed by atoms with van der Waals surface area (Å²) < 4.78 is 32.9. The van der Waals surface area contributed by atoms with Gasteiger partial charge < -0.3 is 15.2 Å². The summed E-state index contributed by atoms with van der Waals surface area (Å²) in [6, 6.07) is 3.29. The van der Waals surface area contributed by atoms with E-state index in [0.717, 1.165) is 18.6 Å². The second-order valence-corrected chi connectivity index (χ2v) is 6.98. The van der Waals surface area contributed by atoms with Crippen molar-refractivity contribution in [2.24, 2.45) is 5.41 Å². The lowest BCUT2D eigenvalue weighted by Gasteiger charge is -2.41. The molecule has 0 aromatic heterocycles. The van der Waals surface area contributed by atoms with Crippen molar-refractivity contribution in [3.63, 3.8) is 0 Å². The van der Waals surface area contributed by atoms with Crippen molar-refractivity contribution in [3.8, 4) is 0 Å². The van der Waals surface area contributed by atoms with Crippen LogP contribution in [0, 0.1) is 17.0 Å². The van der Waals surface area contributed by atoms with Crippen LogP contribution in [0.3, 0.4) is 0 Å². The van der Waals surface area contributed by atoms with Gasteiger partial charge >= 0.3 is 5.97 Å². The van der Waals surface area contributed by atoms with Crippen molar-refractivity contribution >= 4 is 11.9 Å². The van der Waals surface area contributed by atoms with Crippen molar-refractivity contribution in [1.82, 2.24) is 5.32 Å². The predicted octanol–water partition coefficient (Wildman–Crippen LogP) is 2.73. The van der Waals surface area contributed by atoms with Gasteiger partial charge in [0.25, 0.3) is 0 Å². The molecule has 0 atom stereocenters. The Kier molecular flexibility index (Phi) is 4.77. The number of carboxylic acids is 1. The molecular weight excluding hydrogens is 332 g/mol. The monoisotopic (exact) mass is 353 g/mol. The van der Waals surface area contributed by atoms with E-state index in [4.69, 9.17) is 4.74 Å². The highest BCUT2D eigenvalue weighted by Gasteiger charge is 2.47. The van der Waals surface area contributed by atoms with E-state index in [0.29, 0.717) is 38.9 Å². The van der Waals surface area contributed by atoms with Gasteiger partial charge in [-0.25, -0.2) is 8.78 Å². The molecule has 0 radical (unpaired) electrons. The first-order chi connectivity index (χ1) is 11.9. The van der Waals surface area contributed by atoms with Crippen LogP contribution in [0.2, 0.25) is 0 Å². The molecule has 136 valence electrons. The lowest BCUT2D eigenvalue weighted by molar-refractivity contribution is -0.158. The summed E-state index contributed by atoms with van der Waals surface area (Å²) in [7, 11) is 0. The van der Waals surface area contributed by atoms with Crippen molar-refractivity contribution < 1.29 is 28.2 Å². The first kappa shape index (κ1) is 17.8. The molecule has 1 amide bonds. The molecule has 1 aromatic rings. The number of nitrogens with one attached hydrogen (secondary N) is 1. The molecule has 25 heavy (non-hydrogen) atoms. The summed E-state index contributed by atoms with van der Waals surface area (Å²) >= 11 is 0. The average Bonchev–Trinajstić information content (AvgIpc) is 2.51. The minimum absolute atomic E-state index is 0.131. The summed E-state index contributed by atoms with van der Waals surface area (Å²) in [4.78, 5) is 24.0. The molecule has 0 spiro atoms. The zero-order chi connectivity index (χ0) is 18.1. The van der Waals surface area contributed by atoms with E-state index in [-0.39, 0.29) is 12.0 Å². The van der Waals surface area contributed by atoms with Crippen molar-refractivity contribution in [1.29, 1.82) is 0 Å². The Morgan fingerprint density at radius 2 is 1.84 bits per heavy atom. The second-order valence-electron chi connectivity index (χ2n) is 6.98. The highest BCUT2D eigenvalue weighted by Crippen LogP contribution is 2.44. The molecular formula is C18H21F2NO4. The summed E-state index contributed by atoms with van der Waals surface area (Å²) in [5.74, 6) is -2.80. The van der Waals surface area contributed by atoms with Gasteiger partial charge in [-0.3, -0.25) is 9.59 Å². The van der Waals surface area contributed by atoms with Crippen LogP contribution in [0.1, 0.15) is 44.1 Å². The number of hydrogen-bond donors (Lipinski definition) is 2. The molecule has 1 aromatic carbocycles. The van der Waals surface area contributed by atoms with Crippen LogP contribution >= 0.6 is 0 Å². The Balaban J connectivity index is 1.83. The van der Waals surface area contributed by atoms with Gasteiger partial charge in [-0.15, -0.1) is 0 Å². The zero-order valence-electron chi connectivity index (χ0n) is 13.8. The van der Waals surface area contributed by atoms with E-state index in [9.17, 15) is 23.5 Å². The largest absolute Gasteiger partial charge is 0.481 e. The minimum Gasteiger partial charge on any atom is -0.481 e. The fourth-order valence-corrected chi connectivity index (χ4v) is 3.75. The normalized spacial score (nSPS) is 21.2. The van der Waals surface area contributed by atoms with Crippen LogP contribution in [0.4, 0.5) is 8.78 Å². The maximum atomic E-state index is 14.3. The molecule has 2 fully saturated rings. The second kappa shape index (κ2) is 6.71. The number of carbonyl (C=O) groups excluding carboxylic acids is 1. The highest BCUT2D eigenvalue weighted by atomic mass is 19.1. The van der Waals surface area contributed by atoms with E-state index in [1.807, 2.05) is 0 Å². The summed E-state index contributed by atoms with van der Waals surface area (Å²) in [5, 5.41) is 12.2. The standard InChI is InChI=1S/C18H21F2NO4/c19-12-2-3-13(14(20)10-12)18(6-8-25-9-7-18)21-15(22)11-17(16(23)24)4-1-5-17/h2-3,10H,1,4-9,11H2,(H,21,22)(H,23,24). The molecule has 7 heteroatoms. The summed E-state index contributed by atoms with van der Waals surface area (Å²) in [5.41, 5.74) is -1.81. The third kappa shape index (κ3) is 3.38. The highest BCUT2D eigenvalue weighted by molar-refractivity contribution is 5.86.